The third kappa shape index (κ3) is 6.34. The zero-order valence-electron chi connectivity index (χ0n) is 25.9. The maximum absolute atomic E-state index is 14.3. The van der Waals surface area contributed by atoms with E-state index in [-0.39, 0.29) is 29.2 Å². The van der Waals surface area contributed by atoms with E-state index in [1.165, 1.54) is 29.9 Å². The Balaban J connectivity index is 1.56. The first-order valence-corrected chi connectivity index (χ1v) is 16.3. The summed E-state index contributed by atoms with van der Waals surface area (Å²) in [7, 11) is 1.45. The number of para-hydroxylation sites is 1. The molecular formula is C35H29BrN4O6S. The highest BCUT2D eigenvalue weighted by Gasteiger charge is 2.34. The highest BCUT2D eigenvalue weighted by Crippen LogP contribution is 2.36. The van der Waals surface area contributed by atoms with Gasteiger partial charge in [0.05, 0.1) is 46.9 Å². The Kier molecular flexibility index (Phi) is 9.06. The fraction of sp³-hybridized carbons (Fsp3) is 0.171. The Morgan fingerprint density at radius 2 is 1.79 bits per heavy atom. The van der Waals surface area contributed by atoms with Crippen LogP contribution >= 0.6 is 27.3 Å². The number of hydrogen-bond acceptors (Lipinski definition) is 9. The molecule has 0 unspecified atom stereocenters. The van der Waals surface area contributed by atoms with Gasteiger partial charge in [0.25, 0.3) is 5.56 Å². The van der Waals surface area contributed by atoms with Gasteiger partial charge >= 0.3 is 11.9 Å². The van der Waals surface area contributed by atoms with Crippen LogP contribution in [0.1, 0.15) is 37.9 Å². The summed E-state index contributed by atoms with van der Waals surface area (Å²) < 4.78 is 20.8. The van der Waals surface area contributed by atoms with Crippen molar-refractivity contribution in [1.82, 2.24) is 14.3 Å². The van der Waals surface area contributed by atoms with Gasteiger partial charge in [-0.2, -0.15) is 5.10 Å². The lowest BCUT2D eigenvalue weighted by atomic mass is 9.95. The maximum Gasteiger partial charge on any atom is 0.338 e. The average Bonchev–Trinajstić information content (AvgIpc) is 3.61. The first-order chi connectivity index (χ1) is 22.7. The number of fused-ring (bicyclic) bond motifs is 1. The number of benzene rings is 3. The highest BCUT2D eigenvalue weighted by atomic mass is 79.9. The largest absolute Gasteiger partial charge is 0.493 e. The van der Waals surface area contributed by atoms with Crippen molar-refractivity contribution < 1.29 is 23.8 Å². The third-order valence-electron chi connectivity index (χ3n) is 7.44. The molecule has 0 bridgehead atoms. The third-order valence-corrected chi connectivity index (χ3v) is 8.95. The summed E-state index contributed by atoms with van der Waals surface area (Å²) >= 11 is 4.71. The molecular weight excluding hydrogens is 684 g/mol. The Bertz CT molecular complexity index is 2220. The number of esters is 2. The van der Waals surface area contributed by atoms with Gasteiger partial charge < -0.3 is 14.2 Å². The molecule has 3 aromatic carbocycles. The van der Waals surface area contributed by atoms with Gasteiger partial charge in [0.1, 0.15) is 0 Å². The van der Waals surface area contributed by atoms with E-state index in [9.17, 15) is 14.4 Å². The van der Waals surface area contributed by atoms with Crippen LogP contribution in [0.5, 0.6) is 11.5 Å². The van der Waals surface area contributed by atoms with Crippen molar-refractivity contribution >= 4 is 45.3 Å². The minimum Gasteiger partial charge on any atom is -0.493 e. The smallest absolute Gasteiger partial charge is 0.338 e. The van der Waals surface area contributed by atoms with Crippen LogP contribution < -0.4 is 24.4 Å². The van der Waals surface area contributed by atoms with Gasteiger partial charge in [-0.3, -0.25) is 14.2 Å². The molecule has 6 rings (SSSR count). The van der Waals surface area contributed by atoms with Crippen LogP contribution in [-0.4, -0.2) is 40.0 Å². The topological polar surface area (TPSA) is 114 Å². The summed E-state index contributed by atoms with van der Waals surface area (Å²) in [6.45, 7) is 4.87. The second-order valence-corrected chi connectivity index (χ2v) is 12.5. The van der Waals surface area contributed by atoms with E-state index < -0.39 is 18.0 Å². The number of nitrogens with zero attached hydrogens (tertiary/aromatic N) is 4. The summed E-state index contributed by atoms with van der Waals surface area (Å²) in [6, 6.07) is 21.5. The Morgan fingerprint density at radius 1 is 1.04 bits per heavy atom. The zero-order chi connectivity index (χ0) is 33.2. The average molecular weight is 714 g/mol. The number of carbonyl (C=O) groups is 2. The number of aromatic nitrogens is 3. The predicted molar refractivity (Wildman–Crippen MR) is 181 cm³/mol. The van der Waals surface area contributed by atoms with Crippen LogP contribution in [0.4, 0.5) is 0 Å². The molecule has 0 spiro atoms. The van der Waals surface area contributed by atoms with E-state index in [1.807, 2.05) is 60.8 Å². The van der Waals surface area contributed by atoms with Crippen LogP contribution in [0.2, 0.25) is 0 Å². The molecule has 10 nitrogen and oxygen atoms in total. The Hall–Kier alpha value is -5.07. The van der Waals surface area contributed by atoms with Gasteiger partial charge in [0.15, 0.2) is 16.3 Å². The van der Waals surface area contributed by atoms with Crippen LogP contribution in [0, 0.1) is 0 Å². The molecule has 2 aromatic heterocycles. The molecule has 1 atom stereocenters. The summed E-state index contributed by atoms with van der Waals surface area (Å²) in [4.78, 5) is 44.5. The van der Waals surface area contributed by atoms with E-state index in [4.69, 9.17) is 19.3 Å². The minimum absolute atomic E-state index is 0.145. The highest BCUT2D eigenvalue weighted by molar-refractivity contribution is 9.10. The van der Waals surface area contributed by atoms with Crippen molar-refractivity contribution in [2.75, 3.05) is 13.7 Å². The molecule has 5 aromatic rings. The van der Waals surface area contributed by atoms with Gasteiger partial charge in [-0.15, -0.1) is 0 Å². The fourth-order valence-electron chi connectivity index (χ4n) is 5.38. The quantitative estimate of drug-likeness (QED) is 0.158. The number of thiazole rings is 1. The van der Waals surface area contributed by atoms with E-state index in [0.717, 1.165) is 21.3 Å². The van der Waals surface area contributed by atoms with Gasteiger partial charge in [0.2, 0.25) is 0 Å². The molecule has 0 fully saturated rings. The molecule has 3 heterocycles. The number of ether oxygens (including phenoxy) is 3. The molecule has 0 saturated heterocycles. The van der Waals surface area contributed by atoms with E-state index in [0.29, 0.717) is 26.3 Å². The maximum atomic E-state index is 14.3. The molecule has 1 aliphatic rings. The molecule has 47 heavy (non-hydrogen) atoms. The summed E-state index contributed by atoms with van der Waals surface area (Å²) in [5, 5.41) is 4.89. The monoisotopic (exact) mass is 712 g/mol. The van der Waals surface area contributed by atoms with Gasteiger partial charge in [-0.1, -0.05) is 63.7 Å². The second kappa shape index (κ2) is 13.3. The SMILES string of the molecule is CCOC(=O)C1=C(C)N=c2s/c(=C/c3cn(-c4ccccc4)nc3-c3ccc(Br)cc3)c(=O)n2[C@@H]1c1ccc(OC(C)=O)c(OC)c1. The van der Waals surface area contributed by atoms with Crippen molar-refractivity contribution in [3.8, 4) is 28.4 Å². The molecule has 0 radical (unpaired) electrons. The standard InChI is InChI=1S/C35H29BrN4O6S/c1-5-45-34(43)30-20(2)37-35-40(32(30)23-13-16-27(46-21(3)41)28(17-23)44-4)33(42)29(47-35)18-24-19-39(26-9-7-6-8-10-26)38-31(24)22-11-14-25(36)15-12-22/h6-19,32H,5H2,1-4H3/b29-18+/t32-/m1/s1. The Labute approximate surface area is 282 Å². The number of carbonyl (C=O) groups excluding carboxylic acids is 2. The van der Waals surface area contributed by atoms with Gasteiger partial charge in [-0.25, -0.2) is 14.5 Å². The first kappa shape index (κ1) is 31.9. The summed E-state index contributed by atoms with van der Waals surface area (Å²) in [5.74, 6) is -0.613. The lowest BCUT2D eigenvalue weighted by molar-refractivity contribution is -0.139. The van der Waals surface area contributed by atoms with Crippen LogP contribution in [-0.2, 0) is 14.3 Å². The first-order valence-electron chi connectivity index (χ1n) is 14.7. The summed E-state index contributed by atoms with van der Waals surface area (Å²) in [5.41, 5.74) is 4.02. The number of methoxy groups -OCH3 is 1. The van der Waals surface area contributed by atoms with Crippen LogP contribution in [0.25, 0.3) is 23.0 Å². The predicted octanol–water partition coefficient (Wildman–Crippen LogP) is 5.35. The van der Waals surface area contributed by atoms with Gasteiger partial charge in [0, 0.05) is 28.7 Å². The lowest BCUT2D eigenvalue weighted by Crippen LogP contribution is -2.40. The van der Waals surface area contributed by atoms with E-state index >= 15 is 0 Å². The van der Waals surface area contributed by atoms with Crippen molar-refractivity contribution in [2.24, 2.45) is 4.99 Å². The van der Waals surface area contributed by atoms with Crippen molar-refractivity contribution in [3.05, 3.63) is 126 Å². The molecule has 0 N–H and O–H groups in total. The fourth-order valence-corrected chi connectivity index (χ4v) is 6.68. The van der Waals surface area contributed by atoms with Gasteiger partial charge in [-0.05, 0) is 61.9 Å². The van der Waals surface area contributed by atoms with E-state index in [1.54, 1.807) is 42.8 Å². The second-order valence-electron chi connectivity index (χ2n) is 10.5. The van der Waals surface area contributed by atoms with Crippen molar-refractivity contribution in [1.29, 1.82) is 0 Å². The number of hydrogen-bond donors (Lipinski definition) is 0. The molecule has 1 aliphatic heterocycles. The number of allylic oxidation sites excluding steroid dienone is 1. The number of halogens is 1. The Morgan fingerprint density at radius 3 is 2.47 bits per heavy atom. The van der Waals surface area contributed by atoms with Crippen LogP contribution in [0.15, 0.2) is 105 Å². The molecule has 0 aliphatic carbocycles. The van der Waals surface area contributed by atoms with Crippen molar-refractivity contribution in [2.45, 2.75) is 26.8 Å². The number of rotatable bonds is 8. The van der Waals surface area contributed by atoms with E-state index in [2.05, 4.69) is 20.9 Å². The molecule has 238 valence electrons. The molecule has 12 heteroatoms. The molecule has 0 saturated carbocycles. The molecule has 0 amide bonds. The normalized spacial score (nSPS) is 14.4. The lowest BCUT2D eigenvalue weighted by Gasteiger charge is -2.25. The van der Waals surface area contributed by atoms with Crippen molar-refractivity contribution in [3.63, 3.8) is 0 Å². The summed E-state index contributed by atoms with van der Waals surface area (Å²) in [6.07, 6.45) is 3.69. The minimum atomic E-state index is -0.884. The zero-order valence-corrected chi connectivity index (χ0v) is 28.3. The van der Waals surface area contributed by atoms with Crippen LogP contribution in [0.3, 0.4) is 0 Å².